The molecule has 1 heterocycles. The Balaban J connectivity index is 2.69. The van der Waals surface area contributed by atoms with Gasteiger partial charge < -0.3 is 15.0 Å². The summed E-state index contributed by atoms with van der Waals surface area (Å²) in [6.45, 7) is 2.13. The second kappa shape index (κ2) is 5.22. The minimum Gasteiger partial charge on any atom is -0.379 e. The van der Waals surface area contributed by atoms with E-state index in [0.29, 0.717) is 6.54 Å². The van der Waals surface area contributed by atoms with Gasteiger partial charge in [0.1, 0.15) is 6.54 Å². The Labute approximate surface area is 96.0 Å². The first-order valence-corrected chi connectivity index (χ1v) is 5.01. The average molecular weight is 250 g/mol. The molecule has 0 aliphatic carbocycles. The number of nitrogens with one attached hydrogen (secondary N) is 1. The lowest BCUT2D eigenvalue weighted by Crippen LogP contribution is -2.26. The van der Waals surface area contributed by atoms with E-state index in [-0.39, 0.29) is 18.0 Å². The van der Waals surface area contributed by atoms with Crippen molar-refractivity contribution in [3.05, 3.63) is 24.0 Å². The minimum absolute atomic E-state index is 0.0710. The number of aromatic nitrogens is 1. The van der Waals surface area contributed by atoms with Crippen LogP contribution in [-0.4, -0.2) is 28.3 Å². The second-order valence-corrected chi connectivity index (χ2v) is 3.51. The molecule has 0 spiro atoms. The topological polar surface area (TPSA) is 54.3 Å². The molecular formula is C10H13F3N2O2. The largest absolute Gasteiger partial charge is 0.418 e. The van der Waals surface area contributed by atoms with Crippen LogP contribution in [-0.2, 0) is 11.3 Å². The highest BCUT2D eigenvalue weighted by atomic mass is 19.4. The predicted octanol–water partition coefficient (Wildman–Crippen LogP) is 1.22. The van der Waals surface area contributed by atoms with Gasteiger partial charge in [-0.1, -0.05) is 0 Å². The molecule has 0 aliphatic heterocycles. The number of aliphatic hydroxyl groups is 1. The van der Waals surface area contributed by atoms with Crippen molar-refractivity contribution >= 4 is 5.91 Å². The van der Waals surface area contributed by atoms with E-state index in [1.54, 1.807) is 6.92 Å². The molecule has 0 saturated heterocycles. The van der Waals surface area contributed by atoms with Crippen molar-refractivity contribution in [1.82, 2.24) is 9.88 Å². The molecule has 2 N–H and O–H groups in total. The summed E-state index contributed by atoms with van der Waals surface area (Å²) in [7, 11) is 0. The number of amides is 1. The molecule has 1 amide bonds. The molecule has 1 aromatic rings. The van der Waals surface area contributed by atoms with Gasteiger partial charge in [-0.25, -0.2) is 0 Å². The third kappa shape index (κ3) is 3.77. The summed E-state index contributed by atoms with van der Waals surface area (Å²) in [4.78, 5) is 11.2. The molecule has 17 heavy (non-hydrogen) atoms. The number of halogens is 3. The number of carbonyl (C=O) groups excluding carboxylic acids is 1. The van der Waals surface area contributed by atoms with E-state index in [2.05, 4.69) is 5.32 Å². The predicted molar refractivity (Wildman–Crippen MR) is 54.1 cm³/mol. The van der Waals surface area contributed by atoms with Gasteiger partial charge in [-0.2, -0.15) is 13.2 Å². The Hall–Kier alpha value is -1.50. The fourth-order valence-electron chi connectivity index (χ4n) is 1.33. The van der Waals surface area contributed by atoms with E-state index in [9.17, 15) is 18.0 Å². The normalized spacial score (nSPS) is 13.5. The molecule has 0 saturated carbocycles. The van der Waals surface area contributed by atoms with Gasteiger partial charge in [0.25, 0.3) is 0 Å². The zero-order valence-electron chi connectivity index (χ0n) is 9.16. The van der Waals surface area contributed by atoms with Crippen LogP contribution >= 0.6 is 0 Å². The van der Waals surface area contributed by atoms with Gasteiger partial charge in [-0.15, -0.1) is 0 Å². The van der Waals surface area contributed by atoms with Crippen molar-refractivity contribution in [1.29, 1.82) is 0 Å². The van der Waals surface area contributed by atoms with Gasteiger partial charge in [-0.05, 0) is 13.0 Å². The summed E-state index contributed by atoms with van der Waals surface area (Å²) in [5.41, 5.74) is -0.276. The molecule has 96 valence electrons. The summed E-state index contributed by atoms with van der Waals surface area (Å²) < 4.78 is 37.9. The van der Waals surface area contributed by atoms with E-state index in [0.717, 1.165) is 12.3 Å². The molecule has 0 aliphatic rings. The van der Waals surface area contributed by atoms with Crippen LogP contribution in [0.15, 0.2) is 18.5 Å². The first-order valence-electron chi connectivity index (χ1n) is 5.01. The zero-order valence-corrected chi connectivity index (χ0v) is 9.16. The zero-order chi connectivity index (χ0) is 13.1. The van der Waals surface area contributed by atoms with Gasteiger partial charge in [0.2, 0.25) is 5.91 Å². The van der Waals surface area contributed by atoms with Crippen molar-refractivity contribution in [2.24, 2.45) is 0 Å². The van der Waals surface area contributed by atoms with E-state index in [4.69, 9.17) is 5.11 Å². The summed E-state index contributed by atoms with van der Waals surface area (Å²) in [6, 6.07) is 1.14. The number of hydrogen-bond acceptors (Lipinski definition) is 2. The Morgan fingerprint density at radius 2 is 2.24 bits per heavy atom. The first kappa shape index (κ1) is 13.6. The van der Waals surface area contributed by atoms with Gasteiger partial charge in [-0.3, -0.25) is 4.79 Å². The summed E-state index contributed by atoms with van der Waals surface area (Å²) in [6.07, 6.45) is -4.79. The molecule has 0 fully saturated rings. The van der Waals surface area contributed by atoms with Crippen LogP contribution in [0.1, 0.15) is 18.6 Å². The fraction of sp³-hybridized carbons (Fsp3) is 0.500. The quantitative estimate of drug-likeness (QED) is 0.844. The van der Waals surface area contributed by atoms with Crippen LogP contribution in [0.25, 0.3) is 0 Å². The van der Waals surface area contributed by atoms with Gasteiger partial charge in [0.15, 0.2) is 6.10 Å². The van der Waals surface area contributed by atoms with Crippen molar-refractivity contribution in [3.63, 3.8) is 0 Å². The smallest absolute Gasteiger partial charge is 0.379 e. The number of aliphatic hydroxyl groups excluding tert-OH is 1. The van der Waals surface area contributed by atoms with Crippen molar-refractivity contribution < 1.29 is 23.1 Å². The minimum atomic E-state index is -4.70. The summed E-state index contributed by atoms with van der Waals surface area (Å²) in [5, 5.41) is 11.5. The highest BCUT2D eigenvalue weighted by molar-refractivity contribution is 5.75. The van der Waals surface area contributed by atoms with Gasteiger partial charge in [0, 0.05) is 24.5 Å². The van der Waals surface area contributed by atoms with E-state index in [1.165, 1.54) is 10.8 Å². The van der Waals surface area contributed by atoms with Crippen LogP contribution in [0.2, 0.25) is 0 Å². The van der Waals surface area contributed by atoms with Crippen LogP contribution in [0, 0.1) is 0 Å². The van der Waals surface area contributed by atoms with E-state index < -0.39 is 12.3 Å². The van der Waals surface area contributed by atoms with Crippen LogP contribution in [0.3, 0.4) is 0 Å². The SMILES string of the molecule is CCNC(=O)Cn1ccc(C(O)C(F)(F)F)c1. The number of alkyl halides is 3. The first-order chi connectivity index (χ1) is 7.84. The number of carbonyl (C=O) groups is 1. The third-order valence-corrected chi connectivity index (χ3v) is 2.10. The molecule has 7 heteroatoms. The van der Waals surface area contributed by atoms with Gasteiger partial charge in [0.05, 0.1) is 0 Å². The molecule has 4 nitrogen and oxygen atoms in total. The van der Waals surface area contributed by atoms with Crippen molar-refractivity contribution in [2.45, 2.75) is 25.7 Å². The molecule has 0 bridgehead atoms. The van der Waals surface area contributed by atoms with Crippen molar-refractivity contribution in [3.8, 4) is 0 Å². The number of hydrogen-bond donors (Lipinski definition) is 2. The molecule has 0 aromatic carbocycles. The Bertz CT molecular complexity index is 387. The average Bonchev–Trinajstić information content (AvgIpc) is 2.63. The monoisotopic (exact) mass is 250 g/mol. The number of rotatable bonds is 4. The van der Waals surface area contributed by atoms with Crippen LogP contribution in [0.4, 0.5) is 13.2 Å². The number of likely N-dealkylation sites (N-methyl/N-ethyl adjacent to an activating group) is 1. The van der Waals surface area contributed by atoms with E-state index in [1.807, 2.05) is 0 Å². The maximum absolute atomic E-state index is 12.2. The second-order valence-electron chi connectivity index (χ2n) is 3.51. The highest BCUT2D eigenvalue weighted by Crippen LogP contribution is 2.32. The molecule has 1 rings (SSSR count). The fourth-order valence-corrected chi connectivity index (χ4v) is 1.33. The summed E-state index contributed by atoms with van der Waals surface area (Å²) in [5.74, 6) is -0.295. The van der Waals surface area contributed by atoms with Crippen LogP contribution < -0.4 is 5.32 Å². The van der Waals surface area contributed by atoms with Gasteiger partial charge >= 0.3 is 6.18 Å². The Morgan fingerprint density at radius 3 is 2.76 bits per heavy atom. The molecule has 1 unspecified atom stereocenters. The number of nitrogens with zero attached hydrogens (tertiary/aromatic N) is 1. The molecule has 1 atom stereocenters. The molecule has 1 aromatic heterocycles. The highest BCUT2D eigenvalue weighted by Gasteiger charge is 2.39. The maximum atomic E-state index is 12.2. The lowest BCUT2D eigenvalue weighted by Gasteiger charge is -2.12. The Morgan fingerprint density at radius 1 is 1.59 bits per heavy atom. The molecular weight excluding hydrogens is 237 g/mol. The summed E-state index contributed by atoms with van der Waals surface area (Å²) >= 11 is 0. The lowest BCUT2D eigenvalue weighted by atomic mass is 10.2. The third-order valence-electron chi connectivity index (χ3n) is 2.10. The maximum Gasteiger partial charge on any atom is 0.418 e. The lowest BCUT2D eigenvalue weighted by molar-refractivity contribution is -0.206. The molecule has 0 radical (unpaired) electrons. The Kier molecular flexibility index (Phi) is 4.17. The standard InChI is InChI=1S/C10H13F3N2O2/c1-2-14-8(16)6-15-4-3-7(5-15)9(17)10(11,12)13/h3-5,9,17H,2,6H2,1H3,(H,14,16). The van der Waals surface area contributed by atoms with Crippen molar-refractivity contribution in [2.75, 3.05) is 6.54 Å². The van der Waals surface area contributed by atoms with Crippen LogP contribution in [0.5, 0.6) is 0 Å². The van der Waals surface area contributed by atoms with E-state index >= 15 is 0 Å².